The maximum Gasteiger partial charge on any atom is 0.283 e. The fourth-order valence-corrected chi connectivity index (χ4v) is 1.98. The summed E-state index contributed by atoms with van der Waals surface area (Å²) in [6, 6.07) is 1.70. The van der Waals surface area contributed by atoms with Crippen LogP contribution in [0.15, 0.2) is 11.4 Å². The minimum Gasteiger partial charge on any atom is -0.330 e. The number of hydrogen-bond acceptors (Lipinski definition) is 2. The van der Waals surface area contributed by atoms with E-state index in [0.29, 0.717) is 5.56 Å². The second-order valence-corrected chi connectivity index (χ2v) is 3.59. The van der Waals surface area contributed by atoms with Gasteiger partial charge in [-0.3, -0.25) is 0 Å². The Labute approximate surface area is 74.2 Å². The van der Waals surface area contributed by atoms with Gasteiger partial charge in [-0.15, -0.1) is 11.3 Å². The monoisotopic (exact) mass is 191 g/mol. The van der Waals surface area contributed by atoms with Crippen LogP contribution in [0.3, 0.4) is 0 Å². The normalized spacial score (nSPS) is 12.0. The molecule has 0 saturated carbocycles. The summed E-state index contributed by atoms with van der Waals surface area (Å²) in [6.45, 7) is 1.71. The lowest BCUT2D eigenvalue weighted by Crippen LogP contribution is -2.18. The number of aryl methyl sites for hydroxylation is 1. The molecular formula is C8H11F2NS. The maximum absolute atomic E-state index is 13.2. The van der Waals surface area contributed by atoms with E-state index in [2.05, 4.69) is 0 Å². The molecule has 0 saturated heterocycles. The molecule has 0 unspecified atom stereocenters. The molecule has 0 aliphatic carbocycles. The predicted molar refractivity (Wildman–Crippen MR) is 46.6 cm³/mol. The fraction of sp³-hybridized carbons (Fsp3) is 0.500. The highest BCUT2D eigenvalue weighted by molar-refractivity contribution is 7.10. The predicted octanol–water partition coefficient (Wildman–Crippen LogP) is 2.50. The first-order valence-electron chi connectivity index (χ1n) is 3.70. The summed E-state index contributed by atoms with van der Waals surface area (Å²) in [7, 11) is 0. The molecule has 0 amide bonds. The maximum atomic E-state index is 13.2. The van der Waals surface area contributed by atoms with Crippen molar-refractivity contribution in [1.29, 1.82) is 0 Å². The molecule has 1 nitrogen and oxygen atoms in total. The van der Waals surface area contributed by atoms with Gasteiger partial charge in [0.25, 0.3) is 5.92 Å². The third-order valence-corrected chi connectivity index (χ3v) is 2.78. The lowest BCUT2D eigenvalue weighted by molar-refractivity contribution is -0.00736. The van der Waals surface area contributed by atoms with Gasteiger partial charge in [0, 0.05) is 6.42 Å². The van der Waals surface area contributed by atoms with Gasteiger partial charge in [0.15, 0.2) is 0 Å². The third-order valence-electron chi connectivity index (χ3n) is 1.65. The summed E-state index contributed by atoms with van der Waals surface area (Å²) >= 11 is 1.09. The van der Waals surface area contributed by atoms with Crippen LogP contribution in [0.4, 0.5) is 8.78 Å². The second-order valence-electron chi connectivity index (χ2n) is 2.68. The van der Waals surface area contributed by atoms with Crippen LogP contribution >= 0.6 is 11.3 Å². The lowest BCUT2D eigenvalue weighted by atomic mass is 10.1. The molecule has 1 rings (SSSR count). The van der Waals surface area contributed by atoms with E-state index in [-0.39, 0.29) is 17.8 Å². The minimum absolute atomic E-state index is 0.0182. The van der Waals surface area contributed by atoms with Gasteiger partial charge in [-0.1, -0.05) is 0 Å². The molecule has 12 heavy (non-hydrogen) atoms. The van der Waals surface area contributed by atoms with Crippen molar-refractivity contribution in [1.82, 2.24) is 0 Å². The molecular weight excluding hydrogens is 180 g/mol. The van der Waals surface area contributed by atoms with E-state index in [1.165, 1.54) is 0 Å². The van der Waals surface area contributed by atoms with Crippen molar-refractivity contribution in [3.63, 3.8) is 0 Å². The molecule has 0 fully saturated rings. The Balaban J connectivity index is 2.88. The van der Waals surface area contributed by atoms with E-state index in [1.54, 1.807) is 18.4 Å². The van der Waals surface area contributed by atoms with Crippen molar-refractivity contribution >= 4 is 11.3 Å². The highest BCUT2D eigenvalue weighted by Gasteiger charge is 2.32. The second kappa shape index (κ2) is 3.49. The van der Waals surface area contributed by atoms with Gasteiger partial charge in [0.2, 0.25) is 0 Å². The van der Waals surface area contributed by atoms with Crippen molar-refractivity contribution in [2.75, 3.05) is 6.54 Å². The quantitative estimate of drug-likeness (QED) is 0.780. The van der Waals surface area contributed by atoms with Crippen LogP contribution in [0.1, 0.15) is 16.9 Å². The summed E-state index contributed by atoms with van der Waals surface area (Å²) in [5.41, 5.74) is 5.75. The van der Waals surface area contributed by atoms with Gasteiger partial charge in [-0.2, -0.15) is 0 Å². The largest absolute Gasteiger partial charge is 0.330 e. The Hall–Kier alpha value is -0.480. The molecule has 1 aromatic heterocycles. The molecule has 0 aromatic carbocycles. The van der Waals surface area contributed by atoms with Crippen molar-refractivity contribution < 1.29 is 8.78 Å². The van der Waals surface area contributed by atoms with Crippen molar-refractivity contribution in [3.8, 4) is 0 Å². The number of rotatable bonds is 3. The summed E-state index contributed by atoms with van der Waals surface area (Å²) < 4.78 is 26.4. The van der Waals surface area contributed by atoms with Crippen LogP contribution in [0, 0.1) is 6.92 Å². The van der Waals surface area contributed by atoms with Crippen molar-refractivity contribution in [3.05, 3.63) is 21.9 Å². The van der Waals surface area contributed by atoms with Crippen LogP contribution in [-0.2, 0) is 5.92 Å². The first kappa shape index (κ1) is 9.61. The van der Waals surface area contributed by atoms with Crippen molar-refractivity contribution in [2.24, 2.45) is 5.73 Å². The van der Waals surface area contributed by atoms with Gasteiger partial charge in [-0.05, 0) is 30.5 Å². The molecule has 0 spiro atoms. The Bertz CT molecular complexity index is 257. The van der Waals surface area contributed by atoms with E-state index >= 15 is 0 Å². The van der Waals surface area contributed by atoms with Crippen LogP contribution in [-0.4, -0.2) is 6.54 Å². The molecule has 68 valence electrons. The molecule has 0 atom stereocenters. The topological polar surface area (TPSA) is 26.0 Å². The van der Waals surface area contributed by atoms with Crippen LogP contribution in [0.5, 0.6) is 0 Å². The SMILES string of the molecule is Cc1ccsc1C(F)(F)CCN. The summed E-state index contributed by atoms with van der Waals surface area (Å²) in [5.74, 6) is -2.74. The van der Waals surface area contributed by atoms with E-state index in [1.807, 2.05) is 0 Å². The summed E-state index contributed by atoms with van der Waals surface area (Å²) in [4.78, 5) is 0.146. The van der Waals surface area contributed by atoms with Gasteiger partial charge in [0.05, 0.1) is 4.88 Å². The zero-order chi connectivity index (χ0) is 9.19. The van der Waals surface area contributed by atoms with Gasteiger partial charge >= 0.3 is 0 Å². The number of thiophene rings is 1. The van der Waals surface area contributed by atoms with Crippen molar-refractivity contribution in [2.45, 2.75) is 19.3 Å². The zero-order valence-electron chi connectivity index (χ0n) is 6.81. The number of hydrogen-bond donors (Lipinski definition) is 1. The van der Waals surface area contributed by atoms with E-state index in [9.17, 15) is 8.78 Å². The number of nitrogens with two attached hydrogens (primary N) is 1. The van der Waals surface area contributed by atoms with Crippen LogP contribution in [0.25, 0.3) is 0 Å². The highest BCUT2D eigenvalue weighted by Crippen LogP contribution is 2.36. The molecule has 1 heterocycles. The van der Waals surface area contributed by atoms with E-state index < -0.39 is 5.92 Å². The Morgan fingerprint density at radius 1 is 1.58 bits per heavy atom. The number of alkyl halides is 2. The molecule has 2 N–H and O–H groups in total. The molecule has 0 aliphatic heterocycles. The molecule has 4 heteroatoms. The molecule has 1 aromatic rings. The van der Waals surface area contributed by atoms with Gasteiger partial charge in [0.1, 0.15) is 0 Å². The Morgan fingerprint density at radius 2 is 2.25 bits per heavy atom. The summed E-state index contributed by atoms with van der Waals surface area (Å²) in [6.07, 6.45) is -0.269. The first-order valence-corrected chi connectivity index (χ1v) is 4.58. The smallest absolute Gasteiger partial charge is 0.283 e. The highest BCUT2D eigenvalue weighted by atomic mass is 32.1. The molecule has 0 radical (unpaired) electrons. The van der Waals surface area contributed by atoms with Crippen LogP contribution in [0.2, 0.25) is 0 Å². The van der Waals surface area contributed by atoms with E-state index in [4.69, 9.17) is 5.73 Å². The number of halogens is 2. The Kier molecular flexibility index (Phi) is 2.80. The Morgan fingerprint density at radius 3 is 2.67 bits per heavy atom. The zero-order valence-corrected chi connectivity index (χ0v) is 7.63. The van der Waals surface area contributed by atoms with Crippen LogP contribution < -0.4 is 5.73 Å². The molecule has 0 bridgehead atoms. The van der Waals surface area contributed by atoms with Gasteiger partial charge < -0.3 is 5.73 Å². The van der Waals surface area contributed by atoms with Gasteiger partial charge in [-0.25, -0.2) is 8.78 Å². The average Bonchev–Trinajstić information content (AvgIpc) is 2.35. The minimum atomic E-state index is -2.74. The lowest BCUT2D eigenvalue weighted by Gasteiger charge is -2.14. The molecule has 0 aliphatic rings. The standard InChI is InChI=1S/C8H11F2NS/c1-6-2-5-12-7(6)8(9,10)3-4-11/h2,5H,3-4,11H2,1H3. The average molecular weight is 191 g/mol. The summed E-state index contributed by atoms with van der Waals surface area (Å²) in [5, 5.41) is 1.68. The van der Waals surface area contributed by atoms with E-state index in [0.717, 1.165) is 11.3 Å². The fourth-order valence-electron chi connectivity index (χ4n) is 1.04. The first-order chi connectivity index (χ1) is 5.58. The third kappa shape index (κ3) is 1.81.